The van der Waals surface area contributed by atoms with Crippen LogP contribution in [0.5, 0.6) is 0 Å². The van der Waals surface area contributed by atoms with Gasteiger partial charge in [-0.25, -0.2) is 14.0 Å². The van der Waals surface area contributed by atoms with E-state index in [9.17, 15) is 19.5 Å². The van der Waals surface area contributed by atoms with Crippen LogP contribution in [0.1, 0.15) is 62.9 Å². The first kappa shape index (κ1) is 23.0. The van der Waals surface area contributed by atoms with Gasteiger partial charge in [-0.15, -0.1) is 0 Å². The number of ether oxygens (including phenoxy) is 1. The fourth-order valence-corrected chi connectivity index (χ4v) is 5.38. The highest BCUT2D eigenvalue weighted by Crippen LogP contribution is 2.55. The molecule has 2 N–H and O–H groups in total. The lowest BCUT2D eigenvalue weighted by atomic mass is 10.0. The standard InChI is InChI=1S/C24H27ClFN3O5/c1-23(2,3)34-22(33)27-16-10-28(11-24(16)6-7-24)19-15(26)8-13-18(17(19)25)29(12-4-5-12)9-14(20(13)30)21(31)32/h8-9,12,16H,4-7,10-11H2,1-3H3,(H,27,33)(H,31,32)/t16-/m0/s1. The average Bonchev–Trinajstić information content (AvgIpc) is 3.61. The van der Waals surface area contributed by atoms with Crippen molar-refractivity contribution in [3.63, 3.8) is 0 Å². The molecule has 2 saturated carbocycles. The number of carbonyl (C=O) groups excluding carboxylic acids is 1. The number of hydrogen-bond donors (Lipinski definition) is 2. The van der Waals surface area contributed by atoms with Gasteiger partial charge in [0, 0.05) is 30.7 Å². The van der Waals surface area contributed by atoms with Crippen LogP contribution in [-0.4, -0.2) is 46.5 Å². The Hall–Kier alpha value is -2.81. The van der Waals surface area contributed by atoms with E-state index in [1.54, 1.807) is 25.3 Å². The molecule has 182 valence electrons. The predicted molar refractivity (Wildman–Crippen MR) is 125 cm³/mol. The molecule has 3 fully saturated rings. The molecule has 2 heterocycles. The molecule has 1 amide bonds. The molecule has 3 aliphatic rings. The fraction of sp³-hybridized carbons (Fsp3) is 0.542. The second-order valence-electron chi connectivity index (χ2n) is 10.7. The van der Waals surface area contributed by atoms with Crippen molar-refractivity contribution in [1.29, 1.82) is 0 Å². The number of alkyl carbamates (subject to hydrolysis) is 1. The van der Waals surface area contributed by atoms with Gasteiger partial charge in [-0.3, -0.25) is 4.79 Å². The Kier molecular flexibility index (Phi) is 5.13. The van der Waals surface area contributed by atoms with E-state index in [0.29, 0.717) is 18.6 Å². The molecule has 1 saturated heterocycles. The van der Waals surface area contributed by atoms with E-state index in [1.807, 2.05) is 4.90 Å². The number of fused-ring (bicyclic) bond motifs is 1. The molecule has 10 heteroatoms. The number of carboxylic acids is 1. The number of carbonyl (C=O) groups is 2. The van der Waals surface area contributed by atoms with Crippen LogP contribution in [0.3, 0.4) is 0 Å². The monoisotopic (exact) mass is 491 g/mol. The van der Waals surface area contributed by atoms with Gasteiger partial charge in [-0.1, -0.05) is 11.6 Å². The lowest BCUT2D eigenvalue weighted by Crippen LogP contribution is -2.44. The highest BCUT2D eigenvalue weighted by atomic mass is 35.5. The molecule has 0 bridgehead atoms. The SMILES string of the molecule is CC(C)(C)OC(=O)N[C@H]1CN(c2c(F)cc3c(=O)c(C(=O)O)cn(C4CC4)c3c2Cl)CC12CC2. The van der Waals surface area contributed by atoms with Gasteiger partial charge >= 0.3 is 12.1 Å². The third kappa shape index (κ3) is 3.89. The maximum atomic E-state index is 15.4. The highest BCUT2D eigenvalue weighted by Gasteiger charge is 2.56. The summed E-state index contributed by atoms with van der Waals surface area (Å²) in [6.07, 6.45) is 4.25. The number of nitrogens with one attached hydrogen (secondary N) is 1. The Morgan fingerprint density at radius 1 is 1.29 bits per heavy atom. The van der Waals surface area contributed by atoms with E-state index in [-0.39, 0.29) is 33.6 Å². The number of anilines is 1. The smallest absolute Gasteiger partial charge is 0.407 e. The van der Waals surface area contributed by atoms with Crippen LogP contribution in [0.15, 0.2) is 17.1 Å². The number of aromatic carboxylic acids is 1. The summed E-state index contributed by atoms with van der Waals surface area (Å²) >= 11 is 6.76. The predicted octanol–water partition coefficient (Wildman–Crippen LogP) is 4.32. The van der Waals surface area contributed by atoms with Crippen LogP contribution >= 0.6 is 11.6 Å². The minimum Gasteiger partial charge on any atom is -0.477 e. The Labute approximate surface area is 200 Å². The number of hydrogen-bond acceptors (Lipinski definition) is 5. The van der Waals surface area contributed by atoms with Crippen LogP contribution in [0.4, 0.5) is 14.9 Å². The molecule has 8 nitrogen and oxygen atoms in total. The van der Waals surface area contributed by atoms with Crippen LogP contribution in [0.2, 0.25) is 5.02 Å². The zero-order valence-corrected chi connectivity index (χ0v) is 20.0. The van der Waals surface area contributed by atoms with Crippen LogP contribution in [0, 0.1) is 11.2 Å². The third-order valence-corrected chi connectivity index (χ3v) is 7.26. The van der Waals surface area contributed by atoms with E-state index < -0.39 is 34.5 Å². The molecule has 0 unspecified atom stereocenters. The number of pyridine rings is 1. The Balaban J connectivity index is 1.54. The van der Waals surface area contributed by atoms with Crippen molar-refractivity contribution in [1.82, 2.24) is 9.88 Å². The minimum atomic E-state index is -1.35. The molecule has 1 aromatic carbocycles. The van der Waals surface area contributed by atoms with Gasteiger partial charge in [0.1, 0.15) is 17.0 Å². The summed E-state index contributed by atoms with van der Waals surface area (Å²) in [5.74, 6) is -2.04. The van der Waals surface area contributed by atoms with Crippen molar-refractivity contribution in [3.8, 4) is 0 Å². The first-order valence-electron chi connectivity index (χ1n) is 11.4. The first-order valence-corrected chi connectivity index (χ1v) is 11.8. The summed E-state index contributed by atoms with van der Waals surface area (Å²) in [6, 6.07) is 0.888. The summed E-state index contributed by atoms with van der Waals surface area (Å²) in [4.78, 5) is 38.6. The van der Waals surface area contributed by atoms with Crippen molar-refractivity contribution >= 4 is 40.3 Å². The van der Waals surface area contributed by atoms with Gasteiger partial charge in [0.25, 0.3) is 0 Å². The maximum Gasteiger partial charge on any atom is 0.407 e. The van der Waals surface area contributed by atoms with Crippen molar-refractivity contribution < 1.29 is 23.8 Å². The summed E-state index contributed by atoms with van der Waals surface area (Å²) in [5, 5.41) is 12.5. The van der Waals surface area contributed by atoms with Gasteiger partial charge in [-0.2, -0.15) is 0 Å². The Bertz CT molecular complexity index is 1280. The molecule has 1 aromatic heterocycles. The molecule has 34 heavy (non-hydrogen) atoms. The van der Waals surface area contributed by atoms with Gasteiger partial charge in [0.2, 0.25) is 5.43 Å². The Morgan fingerprint density at radius 3 is 2.53 bits per heavy atom. The van der Waals surface area contributed by atoms with Crippen molar-refractivity contribution in [2.75, 3.05) is 18.0 Å². The van der Waals surface area contributed by atoms with E-state index >= 15 is 4.39 Å². The molecule has 0 radical (unpaired) electrons. The van der Waals surface area contributed by atoms with E-state index in [4.69, 9.17) is 16.3 Å². The second kappa shape index (κ2) is 7.60. The number of benzene rings is 1. The maximum absolute atomic E-state index is 15.4. The molecule has 1 aliphatic heterocycles. The van der Waals surface area contributed by atoms with Crippen LogP contribution in [-0.2, 0) is 4.74 Å². The topological polar surface area (TPSA) is 101 Å². The number of rotatable bonds is 4. The van der Waals surface area contributed by atoms with Gasteiger partial charge < -0.3 is 24.6 Å². The number of aromatic nitrogens is 1. The number of carboxylic acid groups (broad SMARTS) is 1. The van der Waals surface area contributed by atoms with Crippen LogP contribution in [0.25, 0.3) is 10.9 Å². The van der Waals surface area contributed by atoms with E-state index in [2.05, 4.69) is 5.32 Å². The highest BCUT2D eigenvalue weighted by molar-refractivity contribution is 6.38. The molecule has 1 atom stereocenters. The lowest BCUT2D eigenvalue weighted by Gasteiger charge is -2.24. The normalized spacial score (nSPS) is 21.2. The fourth-order valence-electron chi connectivity index (χ4n) is 4.97. The molecule has 2 aromatic rings. The number of amides is 1. The summed E-state index contributed by atoms with van der Waals surface area (Å²) in [5.41, 5.74) is -1.44. The first-order chi connectivity index (χ1) is 15.9. The van der Waals surface area contributed by atoms with Crippen molar-refractivity contribution in [2.24, 2.45) is 5.41 Å². The number of halogens is 2. The molecule has 1 spiro atoms. The molecular weight excluding hydrogens is 465 g/mol. The average molecular weight is 492 g/mol. The zero-order valence-electron chi connectivity index (χ0n) is 19.3. The summed E-state index contributed by atoms with van der Waals surface area (Å²) < 4.78 is 22.5. The van der Waals surface area contributed by atoms with Crippen molar-refractivity contribution in [3.05, 3.63) is 38.9 Å². The third-order valence-electron chi connectivity index (χ3n) is 6.90. The summed E-state index contributed by atoms with van der Waals surface area (Å²) in [6.45, 7) is 6.23. The molecule has 5 rings (SSSR count). The second-order valence-corrected chi connectivity index (χ2v) is 11.1. The van der Waals surface area contributed by atoms with E-state index in [0.717, 1.165) is 31.7 Å². The number of nitrogens with zero attached hydrogens (tertiary/aromatic N) is 2. The lowest BCUT2D eigenvalue weighted by molar-refractivity contribution is 0.0493. The minimum absolute atomic E-state index is 0.0203. The summed E-state index contributed by atoms with van der Waals surface area (Å²) in [7, 11) is 0. The van der Waals surface area contributed by atoms with E-state index in [1.165, 1.54) is 6.20 Å². The van der Waals surface area contributed by atoms with Gasteiger partial charge in [0.15, 0.2) is 0 Å². The van der Waals surface area contributed by atoms with Crippen LogP contribution < -0.4 is 15.6 Å². The molecule has 2 aliphatic carbocycles. The zero-order chi connectivity index (χ0) is 24.6. The van der Waals surface area contributed by atoms with Gasteiger partial charge in [0.05, 0.1) is 27.7 Å². The Morgan fingerprint density at radius 2 is 1.97 bits per heavy atom. The molecular formula is C24H27ClFN3O5. The van der Waals surface area contributed by atoms with Crippen molar-refractivity contribution in [2.45, 2.75) is 64.1 Å². The quantitative estimate of drug-likeness (QED) is 0.660. The largest absolute Gasteiger partial charge is 0.477 e. The van der Waals surface area contributed by atoms with Gasteiger partial charge in [-0.05, 0) is 52.5 Å².